The normalized spacial score (nSPS) is 19.6. The minimum atomic E-state index is -0.512. The van der Waals surface area contributed by atoms with Gasteiger partial charge in [0.1, 0.15) is 5.82 Å². The third-order valence-electron chi connectivity index (χ3n) is 2.91. The maximum absolute atomic E-state index is 13.3. The summed E-state index contributed by atoms with van der Waals surface area (Å²) in [7, 11) is 0. The number of anilines is 1. The number of likely N-dealkylation sites (tertiary alicyclic amines) is 1. The number of amides is 2. The highest BCUT2D eigenvalue weighted by Gasteiger charge is 2.40. The molecule has 1 aliphatic heterocycles. The van der Waals surface area contributed by atoms with Crippen molar-refractivity contribution in [1.82, 2.24) is 4.90 Å². The summed E-state index contributed by atoms with van der Waals surface area (Å²) in [5.74, 6) is -0.891. The van der Waals surface area contributed by atoms with Crippen molar-refractivity contribution in [2.75, 3.05) is 5.73 Å². The van der Waals surface area contributed by atoms with Gasteiger partial charge in [0.15, 0.2) is 0 Å². The first-order chi connectivity index (χ1) is 8.90. The molecule has 1 fully saturated rings. The zero-order valence-electron chi connectivity index (χ0n) is 10.7. The van der Waals surface area contributed by atoms with Gasteiger partial charge >= 0.3 is 0 Å². The number of nitrogens with two attached hydrogens (primary N) is 1. The van der Waals surface area contributed by atoms with E-state index in [4.69, 9.17) is 5.73 Å². The number of rotatable bonds is 3. The van der Waals surface area contributed by atoms with Gasteiger partial charge in [0.25, 0.3) is 0 Å². The van der Waals surface area contributed by atoms with E-state index >= 15 is 0 Å². The van der Waals surface area contributed by atoms with Crippen molar-refractivity contribution in [3.8, 4) is 0 Å². The number of carbonyl (C=O) groups excluding carboxylic acids is 2. The predicted octanol–water partition coefficient (Wildman–Crippen LogP) is 2.04. The maximum Gasteiger partial charge on any atom is 0.243 e. The molecule has 2 rings (SSSR count). The summed E-state index contributed by atoms with van der Waals surface area (Å²) in [6, 6.07) is 4.25. The zero-order chi connectivity index (χ0) is 14.2. The fraction of sp³-hybridized carbons (Fsp3) is 0.385. The smallest absolute Gasteiger partial charge is 0.243 e. The maximum atomic E-state index is 13.3. The van der Waals surface area contributed by atoms with E-state index in [9.17, 15) is 14.0 Å². The first kappa shape index (κ1) is 13.9. The number of hydrogen-bond acceptors (Lipinski definition) is 4. The van der Waals surface area contributed by atoms with Crippen molar-refractivity contribution in [1.29, 1.82) is 0 Å². The Balaban J connectivity index is 2.14. The lowest BCUT2D eigenvalue weighted by Gasteiger charge is -2.18. The van der Waals surface area contributed by atoms with E-state index < -0.39 is 11.1 Å². The number of thioether (sulfide) groups is 1. The van der Waals surface area contributed by atoms with Gasteiger partial charge in [-0.1, -0.05) is 0 Å². The van der Waals surface area contributed by atoms with E-state index in [1.807, 2.05) is 0 Å². The number of carbonyl (C=O) groups is 2. The highest BCUT2D eigenvalue weighted by Crippen LogP contribution is 2.33. The number of hydrogen-bond donors (Lipinski definition) is 1. The van der Waals surface area contributed by atoms with Crippen LogP contribution < -0.4 is 5.73 Å². The average Bonchev–Trinajstić information content (AvgIpc) is 2.59. The Morgan fingerprint density at radius 2 is 2.11 bits per heavy atom. The van der Waals surface area contributed by atoms with Crippen LogP contribution in [0.1, 0.15) is 20.3 Å². The van der Waals surface area contributed by atoms with Gasteiger partial charge < -0.3 is 5.73 Å². The number of nitrogens with zero attached hydrogens (tertiary/aromatic N) is 1. The lowest BCUT2D eigenvalue weighted by atomic mass is 10.3. The molecule has 0 aromatic heterocycles. The van der Waals surface area contributed by atoms with Crippen LogP contribution in [0.25, 0.3) is 0 Å². The fourth-order valence-corrected chi connectivity index (χ4v) is 3.09. The second-order valence-electron chi connectivity index (χ2n) is 4.69. The van der Waals surface area contributed by atoms with Crippen LogP contribution in [0.4, 0.5) is 10.1 Å². The molecule has 1 atom stereocenters. The quantitative estimate of drug-likeness (QED) is 0.680. The van der Waals surface area contributed by atoms with Crippen molar-refractivity contribution in [2.24, 2.45) is 0 Å². The van der Waals surface area contributed by atoms with Crippen molar-refractivity contribution in [3.05, 3.63) is 24.0 Å². The molecule has 6 heteroatoms. The molecule has 0 spiro atoms. The number of imide groups is 1. The van der Waals surface area contributed by atoms with Gasteiger partial charge in [-0.15, -0.1) is 11.8 Å². The van der Waals surface area contributed by atoms with Crippen molar-refractivity contribution >= 4 is 29.3 Å². The van der Waals surface area contributed by atoms with Crippen molar-refractivity contribution < 1.29 is 14.0 Å². The molecule has 0 bridgehead atoms. The minimum absolute atomic E-state index is 0.0713. The molecule has 102 valence electrons. The van der Waals surface area contributed by atoms with Crippen molar-refractivity contribution in [3.63, 3.8) is 0 Å². The lowest BCUT2D eigenvalue weighted by Crippen LogP contribution is -2.37. The Kier molecular flexibility index (Phi) is 3.80. The summed E-state index contributed by atoms with van der Waals surface area (Å²) in [4.78, 5) is 25.7. The van der Waals surface area contributed by atoms with Crippen LogP contribution in [-0.2, 0) is 9.59 Å². The second-order valence-corrected chi connectivity index (χ2v) is 5.97. The SMILES string of the molecule is CC(C)N1C(=O)CC(Sc2ccc(N)c(F)c2)C1=O. The summed E-state index contributed by atoms with van der Waals surface area (Å²) in [6.45, 7) is 3.59. The molecule has 1 saturated heterocycles. The Bertz CT molecular complexity index is 533. The zero-order valence-corrected chi connectivity index (χ0v) is 11.5. The fourth-order valence-electron chi connectivity index (χ4n) is 2.00. The van der Waals surface area contributed by atoms with Gasteiger partial charge in [-0.2, -0.15) is 0 Å². The van der Waals surface area contributed by atoms with Crippen LogP contribution in [0, 0.1) is 5.82 Å². The van der Waals surface area contributed by atoms with Crippen LogP contribution in [0.5, 0.6) is 0 Å². The summed E-state index contributed by atoms with van der Waals surface area (Å²) in [6.07, 6.45) is 0.160. The van der Waals surface area contributed by atoms with Gasteiger partial charge in [0.2, 0.25) is 11.8 Å². The number of nitrogen functional groups attached to an aromatic ring is 1. The topological polar surface area (TPSA) is 63.4 Å². The molecule has 2 amide bonds. The van der Waals surface area contributed by atoms with Gasteiger partial charge in [-0.05, 0) is 32.0 Å². The first-order valence-corrected chi connectivity index (χ1v) is 6.85. The molecular formula is C13H15FN2O2S. The molecule has 4 nitrogen and oxygen atoms in total. The van der Waals surface area contributed by atoms with Crippen LogP contribution in [0.2, 0.25) is 0 Å². The van der Waals surface area contributed by atoms with E-state index in [0.717, 1.165) is 0 Å². The van der Waals surface area contributed by atoms with E-state index in [1.54, 1.807) is 19.9 Å². The molecule has 1 aliphatic rings. The molecule has 19 heavy (non-hydrogen) atoms. The monoisotopic (exact) mass is 282 g/mol. The number of benzene rings is 1. The van der Waals surface area contributed by atoms with Gasteiger partial charge in [-0.3, -0.25) is 14.5 Å². The van der Waals surface area contributed by atoms with Crippen LogP contribution >= 0.6 is 11.8 Å². The molecule has 0 radical (unpaired) electrons. The molecule has 1 heterocycles. The standard InChI is InChI=1S/C13H15FN2O2S/c1-7(2)16-12(17)6-11(13(16)18)19-8-3-4-10(15)9(14)5-8/h3-5,7,11H,6,15H2,1-2H3. The van der Waals surface area contributed by atoms with Crippen LogP contribution in [0.3, 0.4) is 0 Å². The van der Waals surface area contributed by atoms with Gasteiger partial charge in [0.05, 0.1) is 10.9 Å². The van der Waals surface area contributed by atoms with Crippen molar-refractivity contribution in [2.45, 2.75) is 36.5 Å². The Hall–Kier alpha value is -1.56. The summed E-state index contributed by atoms with van der Waals surface area (Å²) in [5, 5.41) is -0.474. The minimum Gasteiger partial charge on any atom is -0.396 e. The highest BCUT2D eigenvalue weighted by atomic mass is 32.2. The van der Waals surface area contributed by atoms with Crippen LogP contribution in [-0.4, -0.2) is 28.0 Å². The number of halogens is 1. The summed E-state index contributed by atoms with van der Waals surface area (Å²) < 4.78 is 13.3. The molecule has 1 unspecified atom stereocenters. The lowest BCUT2D eigenvalue weighted by molar-refractivity contribution is -0.140. The summed E-state index contributed by atoms with van der Waals surface area (Å²) in [5.41, 5.74) is 5.47. The molecule has 1 aromatic rings. The first-order valence-electron chi connectivity index (χ1n) is 5.97. The molecule has 0 aliphatic carbocycles. The third-order valence-corrected chi connectivity index (χ3v) is 4.09. The van der Waals surface area contributed by atoms with E-state index in [-0.39, 0.29) is 30.0 Å². The van der Waals surface area contributed by atoms with E-state index in [0.29, 0.717) is 4.90 Å². The Morgan fingerprint density at radius 3 is 2.63 bits per heavy atom. The summed E-state index contributed by atoms with van der Waals surface area (Å²) >= 11 is 1.20. The van der Waals surface area contributed by atoms with E-state index in [1.165, 1.54) is 28.8 Å². The molecule has 1 aromatic carbocycles. The molecule has 2 N–H and O–H groups in total. The Labute approximate surface area is 115 Å². The third kappa shape index (κ3) is 2.73. The molecule has 0 saturated carbocycles. The van der Waals surface area contributed by atoms with Gasteiger partial charge in [0, 0.05) is 17.4 Å². The Morgan fingerprint density at radius 1 is 1.42 bits per heavy atom. The van der Waals surface area contributed by atoms with Gasteiger partial charge in [-0.25, -0.2) is 4.39 Å². The molecular weight excluding hydrogens is 267 g/mol. The second kappa shape index (κ2) is 5.21. The largest absolute Gasteiger partial charge is 0.396 e. The van der Waals surface area contributed by atoms with Crippen LogP contribution in [0.15, 0.2) is 23.1 Å². The predicted molar refractivity (Wildman–Crippen MR) is 72.1 cm³/mol. The van der Waals surface area contributed by atoms with E-state index in [2.05, 4.69) is 0 Å². The highest BCUT2D eigenvalue weighted by molar-refractivity contribution is 8.00. The average molecular weight is 282 g/mol.